The molecule has 1 saturated carbocycles. The average Bonchev–Trinajstić information content (AvgIpc) is 2.75. The van der Waals surface area contributed by atoms with Crippen LogP contribution in [0, 0.1) is 19.8 Å². The van der Waals surface area contributed by atoms with Gasteiger partial charge >= 0.3 is 0 Å². The Kier molecular flexibility index (Phi) is 4.22. The fourth-order valence-electron chi connectivity index (χ4n) is 3.23. The second-order valence-electron chi connectivity index (χ2n) is 5.55. The van der Waals surface area contributed by atoms with Crippen LogP contribution in [0.25, 0.3) is 0 Å². The van der Waals surface area contributed by atoms with Gasteiger partial charge in [0, 0.05) is 6.04 Å². The second-order valence-corrected chi connectivity index (χ2v) is 5.55. The maximum Gasteiger partial charge on any atom is 0.00924 e. The first-order valence-electron chi connectivity index (χ1n) is 6.94. The molecule has 17 heavy (non-hydrogen) atoms. The van der Waals surface area contributed by atoms with Gasteiger partial charge in [-0.3, -0.25) is 0 Å². The summed E-state index contributed by atoms with van der Waals surface area (Å²) in [5.41, 5.74) is 4.38. The van der Waals surface area contributed by atoms with Crippen molar-refractivity contribution in [2.45, 2.75) is 52.0 Å². The van der Waals surface area contributed by atoms with E-state index in [1.165, 1.54) is 48.8 Å². The fourth-order valence-corrected chi connectivity index (χ4v) is 3.23. The van der Waals surface area contributed by atoms with Crippen molar-refractivity contribution in [3.63, 3.8) is 0 Å². The molecule has 2 atom stereocenters. The molecule has 0 aliphatic heterocycles. The third-order valence-corrected chi connectivity index (χ3v) is 4.31. The maximum atomic E-state index is 3.47. The lowest BCUT2D eigenvalue weighted by molar-refractivity contribution is 0.400. The van der Waals surface area contributed by atoms with Crippen LogP contribution < -0.4 is 5.32 Å². The van der Waals surface area contributed by atoms with Crippen molar-refractivity contribution in [1.29, 1.82) is 0 Å². The van der Waals surface area contributed by atoms with Crippen molar-refractivity contribution in [2.24, 2.45) is 5.92 Å². The van der Waals surface area contributed by atoms with Crippen LogP contribution in [-0.2, 0) is 6.42 Å². The normalized spacial score (nSPS) is 24.2. The van der Waals surface area contributed by atoms with E-state index in [9.17, 15) is 0 Å². The molecule has 1 fully saturated rings. The number of hydrogen-bond acceptors (Lipinski definition) is 1. The molecular formula is C16H25N. The van der Waals surface area contributed by atoms with E-state index in [0.29, 0.717) is 0 Å². The number of nitrogens with one attached hydrogen (secondary N) is 1. The van der Waals surface area contributed by atoms with E-state index in [0.717, 1.165) is 12.0 Å². The Hall–Kier alpha value is -0.820. The van der Waals surface area contributed by atoms with Gasteiger partial charge in [-0.05, 0) is 63.6 Å². The van der Waals surface area contributed by atoms with Gasteiger partial charge in [0.25, 0.3) is 0 Å². The van der Waals surface area contributed by atoms with E-state index in [1.54, 1.807) is 0 Å². The van der Waals surface area contributed by atoms with Gasteiger partial charge in [0.2, 0.25) is 0 Å². The smallest absolute Gasteiger partial charge is 0.00924 e. The molecule has 0 spiro atoms. The van der Waals surface area contributed by atoms with Gasteiger partial charge in [-0.15, -0.1) is 0 Å². The van der Waals surface area contributed by atoms with Crippen LogP contribution in [0.4, 0.5) is 0 Å². The molecule has 0 amide bonds. The summed E-state index contributed by atoms with van der Waals surface area (Å²) in [7, 11) is 2.11. The van der Waals surface area contributed by atoms with Crippen molar-refractivity contribution in [3.05, 3.63) is 34.9 Å². The molecule has 94 valence electrons. The molecule has 2 unspecified atom stereocenters. The first-order chi connectivity index (χ1) is 8.20. The first kappa shape index (κ1) is 12.6. The summed E-state index contributed by atoms with van der Waals surface area (Å²) in [4.78, 5) is 0. The van der Waals surface area contributed by atoms with Gasteiger partial charge in [-0.1, -0.05) is 30.2 Å². The van der Waals surface area contributed by atoms with Crippen molar-refractivity contribution in [1.82, 2.24) is 5.32 Å². The summed E-state index contributed by atoms with van der Waals surface area (Å²) in [6, 6.07) is 7.63. The highest BCUT2D eigenvalue weighted by molar-refractivity contribution is 5.30. The molecule has 1 aromatic carbocycles. The number of aryl methyl sites for hydroxylation is 3. The van der Waals surface area contributed by atoms with Crippen LogP contribution in [0.5, 0.6) is 0 Å². The highest BCUT2D eigenvalue weighted by atomic mass is 14.9. The van der Waals surface area contributed by atoms with Crippen molar-refractivity contribution in [2.75, 3.05) is 7.05 Å². The lowest BCUT2D eigenvalue weighted by Crippen LogP contribution is -2.29. The molecule has 0 radical (unpaired) electrons. The van der Waals surface area contributed by atoms with Crippen molar-refractivity contribution < 1.29 is 0 Å². The van der Waals surface area contributed by atoms with E-state index in [4.69, 9.17) is 0 Å². The van der Waals surface area contributed by atoms with Gasteiger partial charge in [0.15, 0.2) is 0 Å². The van der Waals surface area contributed by atoms with Crippen molar-refractivity contribution >= 4 is 0 Å². The minimum absolute atomic E-state index is 0.765. The fraction of sp³-hybridized carbons (Fsp3) is 0.625. The summed E-state index contributed by atoms with van der Waals surface area (Å²) in [5, 5.41) is 3.47. The van der Waals surface area contributed by atoms with E-state index >= 15 is 0 Å². The Morgan fingerprint density at radius 1 is 1.24 bits per heavy atom. The first-order valence-corrected chi connectivity index (χ1v) is 6.94. The molecule has 0 aromatic heterocycles. The summed E-state index contributed by atoms with van der Waals surface area (Å²) in [5.74, 6) is 0.890. The minimum Gasteiger partial charge on any atom is -0.317 e. The molecule has 1 aliphatic carbocycles. The van der Waals surface area contributed by atoms with E-state index in [1.807, 2.05) is 0 Å². The van der Waals surface area contributed by atoms with Gasteiger partial charge in [0.05, 0.1) is 0 Å². The van der Waals surface area contributed by atoms with Crippen LogP contribution >= 0.6 is 0 Å². The van der Waals surface area contributed by atoms with Crippen LogP contribution in [0.1, 0.15) is 42.4 Å². The zero-order valence-corrected chi connectivity index (χ0v) is 11.4. The molecule has 0 saturated heterocycles. The lowest BCUT2D eigenvalue weighted by atomic mass is 9.93. The molecule has 0 heterocycles. The highest BCUT2D eigenvalue weighted by Crippen LogP contribution is 2.29. The van der Waals surface area contributed by atoms with Gasteiger partial charge in [-0.2, -0.15) is 0 Å². The standard InChI is InChI=1S/C16H25N/c1-12-7-8-14(13(2)11-12)9-10-15-5-4-6-16(15)17-3/h7-8,11,15-17H,4-6,9-10H2,1-3H3. The predicted molar refractivity (Wildman–Crippen MR) is 74.4 cm³/mol. The van der Waals surface area contributed by atoms with Gasteiger partial charge in [0.1, 0.15) is 0 Å². The summed E-state index contributed by atoms with van der Waals surface area (Å²) in [6.07, 6.45) is 6.78. The van der Waals surface area contributed by atoms with Crippen LogP contribution in [0.3, 0.4) is 0 Å². The van der Waals surface area contributed by atoms with Crippen LogP contribution in [0.2, 0.25) is 0 Å². The number of hydrogen-bond donors (Lipinski definition) is 1. The number of rotatable bonds is 4. The van der Waals surface area contributed by atoms with E-state index in [2.05, 4.69) is 44.4 Å². The zero-order chi connectivity index (χ0) is 12.3. The highest BCUT2D eigenvalue weighted by Gasteiger charge is 2.25. The van der Waals surface area contributed by atoms with Crippen molar-refractivity contribution in [3.8, 4) is 0 Å². The zero-order valence-electron chi connectivity index (χ0n) is 11.4. The maximum absolute atomic E-state index is 3.47. The molecular weight excluding hydrogens is 206 g/mol. The van der Waals surface area contributed by atoms with Gasteiger partial charge < -0.3 is 5.32 Å². The minimum atomic E-state index is 0.765. The Bertz CT molecular complexity index is 370. The third kappa shape index (κ3) is 3.10. The largest absolute Gasteiger partial charge is 0.317 e. The topological polar surface area (TPSA) is 12.0 Å². The molecule has 1 N–H and O–H groups in total. The van der Waals surface area contributed by atoms with Crippen LogP contribution in [-0.4, -0.2) is 13.1 Å². The Balaban J connectivity index is 1.93. The molecule has 2 rings (SSSR count). The molecule has 1 aliphatic rings. The monoisotopic (exact) mass is 231 g/mol. The Morgan fingerprint density at radius 2 is 2.06 bits per heavy atom. The summed E-state index contributed by atoms with van der Waals surface area (Å²) >= 11 is 0. The third-order valence-electron chi connectivity index (χ3n) is 4.31. The molecule has 1 aromatic rings. The Labute approximate surface area is 106 Å². The quantitative estimate of drug-likeness (QED) is 0.834. The summed E-state index contributed by atoms with van der Waals surface area (Å²) in [6.45, 7) is 4.41. The molecule has 0 bridgehead atoms. The lowest BCUT2D eigenvalue weighted by Gasteiger charge is -2.19. The molecule has 1 nitrogen and oxygen atoms in total. The predicted octanol–water partition coefficient (Wildman–Crippen LogP) is 3.62. The van der Waals surface area contributed by atoms with Crippen LogP contribution in [0.15, 0.2) is 18.2 Å². The number of benzene rings is 1. The Morgan fingerprint density at radius 3 is 2.76 bits per heavy atom. The molecule has 1 heteroatoms. The van der Waals surface area contributed by atoms with E-state index in [-0.39, 0.29) is 0 Å². The second kappa shape index (κ2) is 5.68. The van der Waals surface area contributed by atoms with E-state index < -0.39 is 0 Å². The average molecular weight is 231 g/mol. The van der Waals surface area contributed by atoms with Gasteiger partial charge in [-0.25, -0.2) is 0 Å². The SMILES string of the molecule is CNC1CCCC1CCc1ccc(C)cc1C. The summed E-state index contributed by atoms with van der Waals surface area (Å²) < 4.78 is 0.